The van der Waals surface area contributed by atoms with Crippen molar-refractivity contribution in [3.63, 3.8) is 0 Å². The SMILES string of the molecule is COc1ncc(C2=CC(C(=O)NO)C(c3cccc(F)c3C)C2)cc1F. The third-order valence-corrected chi connectivity index (χ3v) is 4.75. The van der Waals surface area contributed by atoms with Crippen molar-refractivity contribution >= 4 is 11.5 Å². The van der Waals surface area contributed by atoms with Crippen molar-refractivity contribution in [2.45, 2.75) is 19.3 Å². The second-order valence-electron chi connectivity index (χ2n) is 6.17. The molecule has 1 aromatic heterocycles. The summed E-state index contributed by atoms with van der Waals surface area (Å²) in [6, 6.07) is 5.97. The van der Waals surface area contributed by atoms with Gasteiger partial charge in [-0.25, -0.2) is 19.2 Å². The van der Waals surface area contributed by atoms with Gasteiger partial charge in [-0.1, -0.05) is 18.2 Å². The largest absolute Gasteiger partial charge is 0.479 e. The molecule has 1 aliphatic carbocycles. The van der Waals surface area contributed by atoms with E-state index in [1.165, 1.54) is 25.4 Å². The Morgan fingerprint density at radius 1 is 1.35 bits per heavy atom. The Kier molecular flexibility index (Phi) is 4.99. The summed E-state index contributed by atoms with van der Waals surface area (Å²) in [5.41, 5.74) is 3.98. The van der Waals surface area contributed by atoms with E-state index in [4.69, 9.17) is 9.94 Å². The minimum absolute atomic E-state index is 0.116. The highest BCUT2D eigenvalue weighted by molar-refractivity contribution is 5.86. The maximum absolute atomic E-state index is 14.0. The van der Waals surface area contributed by atoms with Crippen LogP contribution in [0.2, 0.25) is 0 Å². The number of hydrogen-bond acceptors (Lipinski definition) is 4. The summed E-state index contributed by atoms with van der Waals surface area (Å²) in [6.45, 7) is 1.64. The highest BCUT2D eigenvalue weighted by Crippen LogP contribution is 2.44. The van der Waals surface area contributed by atoms with E-state index in [1.54, 1.807) is 30.6 Å². The van der Waals surface area contributed by atoms with Crippen molar-refractivity contribution in [1.29, 1.82) is 0 Å². The zero-order valence-electron chi connectivity index (χ0n) is 14.3. The summed E-state index contributed by atoms with van der Waals surface area (Å²) in [5.74, 6) is -2.78. The molecule has 7 heteroatoms. The third kappa shape index (κ3) is 3.17. The predicted octanol–water partition coefficient (Wildman–Crippen LogP) is 3.37. The summed E-state index contributed by atoms with van der Waals surface area (Å²) in [4.78, 5) is 16.0. The van der Waals surface area contributed by atoms with Gasteiger partial charge in [-0.05, 0) is 47.7 Å². The Hall–Kier alpha value is -2.80. The zero-order valence-corrected chi connectivity index (χ0v) is 14.3. The van der Waals surface area contributed by atoms with Crippen molar-refractivity contribution < 1.29 is 23.5 Å². The number of benzene rings is 1. The van der Waals surface area contributed by atoms with Gasteiger partial charge in [0.05, 0.1) is 13.0 Å². The van der Waals surface area contributed by atoms with Crippen molar-refractivity contribution in [2.24, 2.45) is 5.92 Å². The molecule has 26 heavy (non-hydrogen) atoms. The van der Waals surface area contributed by atoms with E-state index in [-0.39, 0.29) is 17.6 Å². The molecule has 3 rings (SSSR count). The lowest BCUT2D eigenvalue weighted by atomic mass is 9.84. The average molecular weight is 360 g/mol. The lowest BCUT2D eigenvalue weighted by molar-refractivity contribution is -0.132. The van der Waals surface area contributed by atoms with Crippen LogP contribution in [0.5, 0.6) is 5.88 Å². The molecule has 1 aromatic carbocycles. The van der Waals surface area contributed by atoms with Crippen molar-refractivity contribution in [1.82, 2.24) is 10.5 Å². The normalized spacial score (nSPS) is 19.2. The Labute approximate surface area is 149 Å². The number of carbonyl (C=O) groups is 1. The molecule has 1 aliphatic rings. The van der Waals surface area contributed by atoms with Crippen LogP contribution in [0.25, 0.3) is 5.57 Å². The number of aromatic nitrogens is 1. The lowest BCUT2D eigenvalue weighted by Gasteiger charge is -2.20. The van der Waals surface area contributed by atoms with Gasteiger partial charge in [0.25, 0.3) is 5.91 Å². The summed E-state index contributed by atoms with van der Waals surface area (Å²) in [7, 11) is 1.32. The molecule has 5 nitrogen and oxygen atoms in total. The highest BCUT2D eigenvalue weighted by atomic mass is 19.1. The Balaban J connectivity index is 2.00. The van der Waals surface area contributed by atoms with Gasteiger partial charge in [0.15, 0.2) is 5.82 Å². The van der Waals surface area contributed by atoms with Gasteiger partial charge in [-0.2, -0.15) is 0 Å². The molecule has 0 spiro atoms. The number of allylic oxidation sites excluding steroid dienone is 1. The molecule has 1 heterocycles. The van der Waals surface area contributed by atoms with Crippen molar-refractivity contribution in [2.75, 3.05) is 7.11 Å². The van der Waals surface area contributed by atoms with E-state index in [0.717, 1.165) is 0 Å². The van der Waals surface area contributed by atoms with Gasteiger partial charge < -0.3 is 4.74 Å². The fraction of sp³-hybridized carbons (Fsp3) is 0.263. The maximum Gasteiger partial charge on any atom is 0.250 e. The smallest absolute Gasteiger partial charge is 0.250 e. The molecule has 2 N–H and O–H groups in total. The first-order valence-corrected chi connectivity index (χ1v) is 8.05. The second kappa shape index (κ2) is 7.21. The van der Waals surface area contributed by atoms with Crippen LogP contribution in [0.3, 0.4) is 0 Å². The molecule has 0 fully saturated rings. The number of nitrogens with one attached hydrogen (secondary N) is 1. The fourth-order valence-corrected chi connectivity index (χ4v) is 3.39. The van der Waals surface area contributed by atoms with E-state index in [9.17, 15) is 13.6 Å². The van der Waals surface area contributed by atoms with Crippen LogP contribution in [0.1, 0.15) is 29.0 Å². The molecular weight excluding hydrogens is 342 g/mol. The van der Waals surface area contributed by atoms with E-state index >= 15 is 0 Å². The van der Waals surface area contributed by atoms with Crippen molar-refractivity contribution in [3.05, 3.63) is 64.9 Å². The monoisotopic (exact) mass is 360 g/mol. The third-order valence-electron chi connectivity index (χ3n) is 4.75. The molecule has 0 saturated heterocycles. The van der Waals surface area contributed by atoms with Crippen LogP contribution in [-0.4, -0.2) is 23.2 Å². The summed E-state index contributed by atoms with van der Waals surface area (Å²) < 4.78 is 32.8. The maximum atomic E-state index is 14.0. The van der Waals surface area contributed by atoms with Crippen LogP contribution in [-0.2, 0) is 4.79 Å². The van der Waals surface area contributed by atoms with E-state index in [2.05, 4.69) is 4.98 Å². The zero-order chi connectivity index (χ0) is 18.8. The Morgan fingerprint density at radius 2 is 2.12 bits per heavy atom. The highest BCUT2D eigenvalue weighted by Gasteiger charge is 2.35. The second-order valence-corrected chi connectivity index (χ2v) is 6.17. The Morgan fingerprint density at radius 3 is 2.77 bits per heavy atom. The molecular formula is C19H18F2N2O3. The van der Waals surface area contributed by atoms with Crippen LogP contribution in [0.15, 0.2) is 36.5 Å². The van der Waals surface area contributed by atoms with E-state index in [1.807, 2.05) is 0 Å². The van der Waals surface area contributed by atoms with Crippen LogP contribution < -0.4 is 10.2 Å². The minimum atomic E-state index is -0.708. The van der Waals surface area contributed by atoms with E-state index < -0.39 is 17.6 Å². The molecule has 0 saturated carbocycles. The van der Waals surface area contributed by atoms with Crippen LogP contribution in [0.4, 0.5) is 8.78 Å². The summed E-state index contributed by atoms with van der Waals surface area (Å²) in [6.07, 6.45) is 3.50. The van der Waals surface area contributed by atoms with Crippen LogP contribution in [0, 0.1) is 24.5 Å². The summed E-state index contributed by atoms with van der Waals surface area (Å²) in [5, 5.41) is 9.06. The average Bonchev–Trinajstić information content (AvgIpc) is 3.08. The molecule has 0 bridgehead atoms. The molecule has 1 amide bonds. The molecule has 2 unspecified atom stereocenters. The quantitative estimate of drug-likeness (QED) is 0.648. The first-order chi connectivity index (χ1) is 12.5. The van der Waals surface area contributed by atoms with Gasteiger partial charge in [0.1, 0.15) is 5.82 Å². The van der Waals surface area contributed by atoms with Crippen molar-refractivity contribution in [3.8, 4) is 5.88 Å². The topological polar surface area (TPSA) is 71.5 Å². The summed E-state index contributed by atoms with van der Waals surface area (Å²) >= 11 is 0. The van der Waals surface area contributed by atoms with Gasteiger partial charge >= 0.3 is 0 Å². The standard InChI is InChI=1S/C19H18F2N2O3/c1-10-13(4-3-5-16(10)20)14-6-11(7-15(14)18(24)23-25)12-8-17(21)19(26-2)22-9-12/h3-5,7-9,14-15,25H,6H2,1-2H3,(H,23,24). The van der Waals surface area contributed by atoms with Gasteiger partial charge in [0.2, 0.25) is 5.88 Å². The Bertz CT molecular complexity index is 883. The molecule has 0 aliphatic heterocycles. The number of nitrogens with zero attached hydrogens (tertiary/aromatic N) is 1. The van der Waals surface area contributed by atoms with Crippen LogP contribution >= 0.6 is 0 Å². The van der Waals surface area contributed by atoms with Gasteiger partial charge in [-0.15, -0.1) is 0 Å². The molecule has 2 atom stereocenters. The number of hydrogen-bond donors (Lipinski definition) is 2. The number of pyridine rings is 1. The number of amides is 1. The molecule has 0 radical (unpaired) electrons. The fourth-order valence-electron chi connectivity index (χ4n) is 3.39. The first-order valence-electron chi connectivity index (χ1n) is 8.05. The number of rotatable bonds is 4. The van der Waals surface area contributed by atoms with E-state index in [0.29, 0.717) is 28.7 Å². The minimum Gasteiger partial charge on any atom is -0.479 e. The molecule has 2 aromatic rings. The lowest BCUT2D eigenvalue weighted by Crippen LogP contribution is -2.29. The number of carbonyl (C=O) groups excluding carboxylic acids is 1. The number of methoxy groups -OCH3 is 1. The first kappa shape index (κ1) is 18.0. The molecule has 136 valence electrons. The predicted molar refractivity (Wildman–Crippen MR) is 90.6 cm³/mol. The van der Waals surface area contributed by atoms with Gasteiger partial charge in [-0.3, -0.25) is 10.0 Å². The number of hydroxylamine groups is 1. The number of ether oxygens (including phenoxy) is 1. The number of halogens is 2. The van der Waals surface area contributed by atoms with Gasteiger partial charge in [0, 0.05) is 12.1 Å².